The van der Waals surface area contributed by atoms with Gasteiger partial charge < -0.3 is 14.4 Å². The summed E-state index contributed by atoms with van der Waals surface area (Å²) in [4.78, 5) is 31.3. The van der Waals surface area contributed by atoms with Gasteiger partial charge >= 0.3 is 5.97 Å². The highest BCUT2D eigenvalue weighted by Crippen LogP contribution is 2.42. The first-order valence-corrected chi connectivity index (χ1v) is 9.00. The second-order valence-corrected chi connectivity index (χ2v) is 6.81. The lowest BCUT2D eigenvalue weighted by atomic mass is 9.76. The molecule has 2 aromatic rings. The van der Waals surface area contributed by atoms with Crippen LogP contribution in [0.5, 0.6) is 5.75 Å². The van der Waals surface area contributed by atoms with Crippen LogP contribution in [-0.2, 0) is 11.8 Å². The molecule has 0 aliphatic heterocycles. The van der Waals surface area contributed by atoms with Crippen LogP contribution in [0.15, 0.2) is 35.1 Å². The maximum absolute atomic E-state index is 12.7. The number of anilines is 1. The van der Waals surface area contributed by atoms with Crippen molar-refractivity contribution in [2.24, 2.45) is 13.0 Å². The summed E-state index contributed by atoms with van der Waals surface area (Å²) in [6.07, 6.45) is 3.44. The number of hydrogen-bond donors (Lipinski definition) is 0. The highest BCUT2D eigenvalue weighted by atomic mass is 16.5. The number of methoxy groups -OCH3 is 2. The van der Waals surface area contributed by atoms with Crippen molar-refractivity contribution in [1.82, 2.24) is 9.55 Å². The molecule has 0 amide bonds. The van der Waals surface area contributed by atoms with Gasteiger partial charge in [0.1, 0.15) is 0 Å². The van der Waals surface area contributed by atoms with E-state index < -0.39 is 11.5 Å². The summed E-state index contributed by atoms with van der Waals surface area (Å²) in [6, 6.07) is 10.2. The van der Waals surface area contributed by atoms with Gasteiger partial charge in [-0.05, 0) is 24.3 Å². The molecule has 3 rings (SSSR count). The highest BCUT2D eigenvalue weighted by molar-refractivity contribution is 5.90. The number of carbonyl (C=O) groups excluding carboxylic acids is 1. The molecule has 0 spiro atoms. The molecule has 1 aliphatic carbocycles. The second-order valence-electron chi connectivity index (χ2n) is 6.81. The number of nitrogens with zero attached hydrogens (tertiary/aromatic N) is 3. The predicted molar refractivity (Wildman–Crippen MR) is 102 cm³/mol. The molecule has 1 unspecified atom stereocenters. The maximum Gasteiger partial charge on any atom is 0.360 e. The molecule has 7 nitrogen and oxygen atoms in total. The lowest BCUT2D eigenvalue weighted by molar-refractivity contribution is 0.0589. The van der Waals surface area contributed by atoms with Crippen molar-refractivity contribution >= 4 is 11.9 Å². The second kappa shape index (κ2) is 7.82. The third-order valence-corrected chi connectivity index (χ3v) is 5.28. The zero-order valence-electron chi connectivity index (χ0n) is 16.1. The molecule has 0 bridgehead atoms. The molecular weight excluding hydrogens is 346 g/mol. The van der Waals surface area contributed by atoms with E-state index in [1.165, 1.54) is 25.2 Å². The van der Waals surface area contributed by atoms with Gasteiger partial charge in [0.15, 0.2) is 5.69 Å². The lowest BCUT2D eigenvalue weighted by Gasteiger charge is -2.40. The van der Waals surface area contributed by atoms with Gasteiger partial charge in [-0.1, -0.05) is 36.8 Å². The number of hydrogen-bond acceptors (Lipinski definition) is 6. The summed E-state index contributed by atoms with van der Waals surface area (Å²) >= 11 is 0. The third-order valence-electron chi connectivity index (χ3n) is 5.28. The minimum absolute atomic E-state index is 0.0666. The van der Waals surface area contributed by atoms with Gasteiger partial charge in [0.25, 0.3) is 5.56 Å². The molecular formula is C20H25N3O4. The molecule has 1 aromatic carbocycles. The zero-order chi connectivity index (χ0) is 19.6. The standard InChI is InChI=1S/C20H25N3O4/c1-22(16(14-11-8-12-14)13-9-6-5-7-10-13)20-21-15(19(25)27-4)17(26-3)18(24)23(20)2/h5-7,9-10,14,16H,8,11-12H2,1-4H3. The Kier molecular flexibility index (Phi) is 5.48. The van der Waals surface area contributed by atoms with Crippen molar-refractivity contribution in [3.05, 3.63) is 51.9 Å². The average molecular weight is 371 g/mol. The van der Waals surface area contributed by atoms with Crippen molar-refractivity contribution < 1.29 is 14.3 Å². The fraction of sp³-hybridized carbons (Fsp3) is 0.450. The lowest BCUT2D eigenvalue weighted by Crippen LogP contribution is -2.38. The monoisotopic (exact) mass is 371 g/mol. The molecule has 7 heteroatoms. The number of carbonyl (C=O) groups is 1. The molecule has 1 aliphatic rings. The number of esters is 1. The maximum atomic E-state index is 12.7. The Labute approximate surface area is 158 Å². The van der Waals surface area contributed by atoms with Crippen LogP contribution in [0.25, 0.3) is 0 Å². The summed E-state index contributed by atoms with van der Waals surface area (Å²) in [5.41, 5.74) is 0.634. The molecule has 0 radical (unpaired) electrons. The summed E-state index contributed by atoms with van der Waals surface area (Å²) in [7, 11) is 6.14. The van der Waals surface area contributed by atoms with Crippen molar-refractivity contribution in [3.63, 3.8) is 0 Å². The van der Waals surface area contributed by atoms with E-state index >= 15 is 0 Å². The number of rotatable bonds is 6. The van der Waals surface area contributed by atoms with Gasteiger partial charge in [-0.3, -0.25) is 9.36 Å². The zero-order valence-corrected chi connectivity index (χ0v) is 16.1. The Morgan fingerprint density at radius 1 is 1.26 bits per heavy atom. The minimum Gasteiger partial charge on any atom is -0.489 e. The van der Waals surface area contributed by atoms with Gasteiger partial charge in [0.05, 0.1) is 20.3 Å². The van der Waals surface area contributed by atoms with E-state index in [-0.39, 0.29) is 17.5 Å². The number of aromatic nitrogens is 2. The normalized spacial score (nSPS) is 15.0. The molecule has 0 N–H and O–H groups in total. The topological polar surface area (TPSA) is 73.7 Å². The molecule has 1 aromatic heterocycles. The summed E-state index contributed by atoms with van der Waals surface area (Å²) < 4.78 is 11.3. The largest absolute Gasteiger partial charge is 0.489 e. The fourth-order valence-corrected chi connectivity index (χ4v) is 3.65. The number of benzene rings is 1. The Hall–Kier alpha value is -2.83. The van der Waals surface area contributed by atoms with E-state index in [9.17, 15) is 9.59 Å². The molecule has 0 saturated heterocycles. The van der Waals surface area contributed by atoms with E-state index in [1.54, 1.807) is 7.05 Å². The highest BCUT2D eigenvalue weighted by Gasteiger charge is 2.34. The van der Waals surface area contributed by atoms with Crippen LogP contribution in [0, 0.1) is 5.92 Å². The van der Waals surface area contributed by atoms with Gasteiger partial charge in [-0.15, -0.1) is 0 Å². The fourth-order valence-electron chi connectivity index (χ4n) is 3.65. The van der Waals surface area contributed by atoms with Crippen LogP contribution in [0.1, 0.15) is 41.4 Å². The Balaban J connectivity index is 2.11. The Morgan fingerprint density at radius 3 is 2.44 bits per heavy atom. The van der Waals surface area contributed by atoms with Crippen molar-refractivity contribution in [1.29, 1.82) is 0 Å². The van der Waals surface area contributed by atoms with Crippen molar-refractivity contribution in [2.45, 2.75) is 25.3 Å². The van der Waals surface area contributed by atoms with E-state index in [0.717, 1.165) is 18.4 Å². The van der Waals surface area contributed by atoms with Gasteiger partial charge in [0.2, 0.25) is 11.7 Å². The molecule has 1 heterocycles. The first-order valence-electron chi connectivity index (χ1n) is 9.00. The van der Waals surface area contributed by atoms with Crippen LogP contribution >= 0.6 is 0 Å². The van der Waals surface area contributed by atoms with Gasteiger partial charge in [-0.25, -0.2) is 9.78 Å². The first-order chi connectivity index (χ1) is 13.0. The smallest absolute Gasteiger partial charge is 0.360 e. The quantitative estimate of drug-likeness (QED) is 0.727. The molecule has 1 fully saturated rings. The Bertz CT molecular complexity index is 875. The van der Waals surface area contributed by atoms with Gasteiger partial charge in [0, 0.05) is 14.1 Å². The van der Waals surface area contributed by atoms with Crippen LogP contribution in [0.4, 0.5) is 5.95 Å². The van der Waals surface area contributed by atoms with Crippen molar-refractivity contribution in [2.75, 3.05) is 26.2 Å². The summed E-state index contributed by atoms with van der Waals surface area (Å²) in [5.74, 6) is 0.0699. The molecule has 1 saturated carbocycles. The summed E-state index contributed by atoms with van der Waals surface area (Å²) in [5, 5.41) is 0. The first kappa shape index (κ1) is 18.9. The third kappa shape index (κ3) is 3.41. The van der Waals surface area contributed by atoms with Crippen LogP contribution in [0.3, 0.4) is 0 Å². The van der Waals surface area contributed by atoms with Crippen LogP contribution in [-0.4, -0.2) is 36.8 Å². The van der Waals surface area contributed by atoms with Crippen LogP contribution in [0.2, 0.25) is 0 Å². The minimum atomic E-state index is -0.695. The average Bonchev–Trinajstić information content (AvgIpc) is 2.66. The van der Waals surface area contributed by atoms with E-state index in [1.807, 2.05) is 30.1 Å². The van der Waals surface area contributed by atoms with E-state index in [2.05, 4.69) is 17.1 Å². The van der Waals surface area contributed by atoms with Crippen molar-refractivity contribution in [3.8, 4) is 5.75 Å². The SMILES string of the molecule is COC(=O)c1nc(N(C)C(c2ccccc2)C2CCC2)n(C)c(=O)c1OC. The predicted octanol–water partition coefficient (Wildman–Crippen LogP) is 2.55. The molecule has 144 valence electrons. The molecule has 1 atom stereocenters. The van der Waals surface area contributed by atoms with Gasteiger partial charge in [-0.2, -0.15) is 0 Å². The van der Waals surface area contributed by atoms with E-state index in [0.29, 0.717) is 11.9 Å². The molecule has 27 heavy (non-hydrogen) atoms. The number of ether oxygens (including phenoxy) is 2. The van der Waals surface area contributed by atoms with E-state index in [4.69, 9.17) is 9.47 Å². The van der Waals surface area contributed by atoms with Crippen LogP contribution < -0.4 is 15.2 Å². The Morgan fingerprint density at radius 2 is 1.93 bits per heavy atom. The summed E-state index contributed by atoms with van der Waals surface area (Å²) in [6.45, 7) is 0.